The number of halogens is 3. The molecule has 4 rings (SSSR count). The lowest BCUT2D eigenvalue weighted by atomic mass is 9.96. The molecule has 4 nitrogen and oxygen atoms in total. The summed E-state index contributed by atoms with van der Waals surface area (Å²) in [6.07, 6.45) is -3.66. The Hall–Kier alpha value is -2.54. The van der Waals surface area contributed by atoms with Gasteiger partial charge in [-0.25, -0.2) is 0 Å². The smallest absolute Gasteiger partial charge is 0.416 e. The summed E-state index contributed by atoms with van der Waals surface area (Å²) < 4.78 is 46.6. The molecule has 0 aromatic heterocycles. The van der Waals surface area contributed by atoms with Crippen molar-refractivity contribution in [2.75, 3.05) is 13.7 Å². The van der Waals surface area contributed by atoms with Gasteiger partial charge in [0.2, 0.25) is 0 Å². The van der Waals surface area contributed by atoms with Gasteiger partial charge in [-0.05, 0) is 66.8 Å². The average Bonchev–Trinajstić information content (AvgIpc) is 3.03. The fourth-order valence-corrected chi connectivity index (χ4v) is 4.36. The van der Waals surface area contributed by atoms with Crippen LogP contribution in [0.15, 0.2) is 30.3 Å². The van der Waals surface area contributed by atoms with Crippen molar-refractivity contribution in [1.82, 2.24) is 9.80 Å². The molecule has 2 aliphatic rings. The van der Waals surface area contributed by atoms with Crippen LogP contribution in [0.2, 0.25) is 0 Å². The minimum atomic E-state index is -4.49. The molecule has 2 aliphatic heterocycles. The molecule has 0 unspecified atom stereocenters. The van der Waals surface area contributed by atoms with Gasteiger partial charge >= 0.3 is 6.18 Å². The number of rotatable bonds is 4. The number of carbonyl (C=O) groups is 1. The third-order valence-corrected chi connectivity index (χ3v) is 5.97. The monoisotopic (exact) mass is 418 g/mol. The number of amides is 1. The van der Waals surface area contributed by atoms with Crippen LogP contribution < -0.4 is 4.74 Å². The molecule has 0 saturated carbocycles. The Morgan fingerprint density at radius 1 is 1.10 bits per heavy atom. The molecule has 30 heavy (non-hydrogen) atoms. The second-order valence-electron chi connectivity index (χ2n) is 8.29. The zero-order chi connectivity index (χ0) is 21.6. The summed E-state index contributed by atoms with van der Waals surface area (Å²) in [6.45, 7) is 5.40. The van der Waals surface area contributed by atoms with Crippen LogP contribution in [0.25, 0.3) is 0 Å². The molecule has 7 heteroatoms. The Morgan fingerprint density at radius 3 is 2.53 bits per heavy atom. The maximum Gasteiger partial charge on any atom is 0.416 e. The molecular formula is C23H25F3N2O2. The first-order valence-electron chi connectivity index (χ1n) is 10.1. The molecule has 0 saturated heterocycles. The Kier molecular flexibility index (Phi) is 5.26. The van der Waals surface area contributed by atoms with E-state index in [2.05, 4.69) is 4.90 Å². The van der Waals surface area contributed by atoms with Crippen molar-refractivity contribution < 1.29 is 22.7 Å². The standard InChI is InChI=1S/C23H25F3N2O2/c1-14(2)28-13-20-19(22(28)29)8-15(9-21(20)23(24,25)26)11-27-7-6-16-4-5-18(30-3)10-17(16)12-27/h4-5,8-10,14H,6-7,11-13H2,1-3H3. The molecule has 2 aromatic carbocycles. The number of benzene rings is 2. The molecule has 2 aromatic rings. The van der Waals surface area contributed by atoms with Crippen LogP contribution in [-0.4, -0.2) is 35.4 Å². The second kappa shape index (κ2) is 7.61. The molecule has 0 fully saturated rings. The fourth-order valence-electron chi connectivity index (χ4n) is 4.36. The van der Waals surface area contributed by atoms with Gasteiger partial charge in [-0.1, -0.05) is 6.07 Å². The van der Waals surface area contributed by atoms with Gasteiger partial charge in [-0.3, -0.25) is 9.69 Å². The summed E-state index contributed by atoms with van der Waals surface area (Å²) in [5.74, 6) is 0.452. The van der Waals surface area contributed by atoms with E-state index in [4.69, 9.17) is 4.74 Å². The van der Waals surface area contributed by atoms with Gasteiger partial charge in [-0.2, -0.15) is 13.2 Å². The zero-order valence-electron chi connectivity index (χ0n) is 17.3. The number of ether oxygens (including phenoxy) is 1. The Bertz CT molecular complexity index is 985. The predicted molar refractivity (Wildman–Crippen MR) is 107 cm³/mol. The molecular weight excluding hydrogens is 393 g/mol. The van der Waals surface area contributed by atoms with E-state index in [-0.39, 0.29) is 29.6 Å². The van der Waals surface area contributed by atoms with Crippen LogP contribution in [0, 0.1) is 0 Å². The van der Waals surface area contributed by atoms with Gasteiger partial charge in [0.05, 0.1) is 12.7 Å². The fraction of sp³-hybridized carbons (Fsp3) is 0.435. The second-order valence-corrected chi connectivity index (χ2v) is 8.29. The molecule has 0 N–H and O–H groups in total. The third-order valence-electron chi connectivity index (χ3n) is 5.97. The SMILES string of the molecule is COc1ccc2c(c1)CN(Cc1cc3c(c(C(F)(F)F)c1)CN(C(C)C)C3=O)CC2. The number of alkyl halides is 3. The quantitative estimate of drug-likeness (QED) is 0.726. The Morgan fingerprint density at radius 2 is 1.87 bits per heavy atom. The molecule has 0 spiro atoms. The molecule has 160 valence electrons. The van der Waals surface area contributed by atoms with Crippen LogP contribution in [0.5, 0.6) is 5.75 Å². The molecule has 0 atom stereocenters. The van der Waals surface area contributed by atoms with E-state index < -0.39 is 11.7 Å². The first kappa shape index (κ1) is 20.7. The molecule has 0 aliphatic carbocycles. The van der Waals surface area contributed by atoms with E-state index in [1.165, 1.54) is 16.5 Å². The van der Waals surface area contributed by atoms with Crippen molar-refractivity contribution in [3.63, 3.8) is 0 Å². The van der Waals surface area contributed by atoms with Crippen molar-refractivity contribution in [2.45, 2.75) is 52.1 Å². The number of hydrogen-bond donors (Lipinski definition) is 0. The number of hydrogen-bond acceptors (Lipinski definition) is 3. The normalized spacial score (nSPS) is 16.8. The van der Waals surface area contributed by atoms with E-state index >= 15 is 0 Å². The highest BCUT2D eigenvalue weighted by atomic mass is 19.4. The highest BCUT2D eigenvalue weighted by Gasteiger charge is 2.40. The molecule has 0 bridgehead atoms. The first-order valence-corrected chi connectivity index (χ1v) is 10.1. The minimum absolute atomic E-state index is 0.0117. The Balaban J connectivity index is 1.64. The van der Waals surface area contributed by atoms with Gasteiger partial charge in [0.1, 0.15) is 5.75 Å². The summed E-state index contributed by atoms with van der Waals surface area (Å²) in [5, 5.41) is 0. The molecule has 1 amide bonds. The zero-order valence-corrected chi connectivity index (χ0v) is 17.3. The van der Waals surface area contributed by atoms with Crippen LogP contribution in [0.3, 0.4) is 0 Å². The highest BCUT2D eigenvalue weighted by molar-refractivity contribution is 5.99. The first-order chi connectivity index (χ1) is 14.2. The van der Waals surface area contributed by atoms with E-state index in [1.54, 1.807) is 13.2 Å². The largest absolute Gasteiger partial charge is 0.497 e. The van der Waals surface area contributed by atoms with Crippen LogP contribution in [0.1, 0.15) is 52.0 Å². The Labute approximate surface area is 174 Å². The van der Waals surface area contributed by atoms with Crippen LogP contribution in [0.4, 0.5) is 13.2 Å². The maximum atomic E-state index is 13.8. The molecule has 0 radical (unpaired) electrons. The van der Waals surface area contributed by atoms with Crippen molar-refractivity contribution >= 4 is 5.91 Å². The summed E-state index contributed by atoms with van der Waals surface area (Å²) in [4.78, 5) is 16.3. The lowest BCUT2D eigenvalue weighted by Gasteiger charge is -2.29. The average molecular weight is 418 g/mol. The van der Waals surface area contributed by atoms with Crippen LogP contribution in [-0.2, 0) is 32.2 Å². The van der Waals surface area contributed by atoms with Gasteiger partial charge in [0, 0.05) is 37.8 Å². The van der Waals surface area contributed by atoms with Gasteiger partial charge in [-0.15, -0.1) is 0 Å². The van der Waals surface area contributed by atoms with Crippen LogP contribution >= 0.6 is 0 Å². The number of fused-ring (bicyclic) bond motifs is 2. The van der Waals surface area contributed by atoms with Gasteiger partial charge in [0.25, 0.3) is 5.91 Å². The summed E-state index contributed by atoms with van der Waals surface area (Å²) in [6, 6.07) is 8.67. The van der Waals surface area contributed by atoms with Crippen molar-refractivity contribution in [3.05, 3.63) is 63.7 Å². The van der Waals surface area contributed by atoms with Gasteiger partial charge in [0.15, 0.2) is 0 Å². The summed E-state index contributed by atoms with van der Waals surface area (Å²) in [5.41, 5.74) is 2.47. The molecule has 2 heterocycles. The van der Waals surface area contributed by atoms with E-state index in [0.29, 0.717) is 18.7 Å². The highest BCUT2D eigenvalue weighted by Crippen LogP contribution is 2.39. The van der Waals surface area contributed by atoms with Crippen molar-refractivity contribution in [2.24, 2.45) is 0 Å². The summed E-state index contributed by atoms with van der Waals surface area (Å²) >= 11 is 0. The van der Waals surface area contributed by atoms with E-state index in [0.717, 1.165) is 24.3 Å². The van der Waals surface area contributed by atoms with Crippen molar-refractivity contribution in [1.29, 1.82) is 0 Å². The summed E-state index contributed by atoms with van der Waals surface area (Å²) in [7, 11) is 1.61. The lowest BCUT2D eigenvalue weighted by molar-refractivity contribution is -0.138. The van der Waals surface area contributed by atoms with Crippen molar-refractivity contribution in [3.8, 4) is 5.75 Å². The third kappa shape index (κ3) is 3.78. The maximum absolute atomic E-state index is 13.8. The van der Waals surface area contributed by atoms with Gasteiger partial charge < -0.3 is 9.64 Å². The number of methoxy groups -OCH3 is 1. The number of carbonyl (C=O) groups excluding carboxylic acids is 1. The predicted octanol–water partition coefficient (Wildman–Crippen LogP) is 4.64. The lowest BCUT2D eigenvalue weighted by Crippen LogP contribution is -2.31. The van der Waals surface area contributed by atoms with E-state index in [9.17, 15) is 18.0 Å². The van der Waals surface area contributed by atoms with E-state index in [1.807, 2.05) is 32.0 Å². The minimum Gasteiger partial charge on any atom is -0.497 e. The number of nitrogens with zero attached hydrogens (tertiary/aromatic N) is 2. The topological polar surface area (TPSA) is 32.8 Å².